The van der Waals surface area contributed by atoms with Gasteiger partial charge in [-0.15, -0.1) is 12.4 Å². The molecule has 0 radical (unpaired) electrons. The van der Waals surface area contributed by atoms with Crippen LogP contribution in [0.5, 0.6) is 0 Å². The summed E-state index contributed by atoms with van der Waals surface area (Å²) in [5, 5.41) is 2.91. The highest BCUT2D eigenvalue weighted by atomic mass is 35.5. The molecule has 0 fully saturated rings. The Bertz CT molecular complexity index is 114. The van der Waals surface area contributed by atoms with E-state index in [9.17, 15) is 4.91 Å². The molecule has 1 aliphatic carbocycles. The molecule has 2 nitrogen and oxygen atoms in total. The van der Waals surface area contributed by atoms with E-state index < -0.39 is 0 Å². The minimum absolute atomic E-state index is 0. The fourth-order valence-corrected chi connectivity index (χ4v) is 0.882. The minimum atomic E-state index is -0.0243. The van der Waals surface area contributed by atoms with Gasteiger partial charge in [0.2, 0.25) is 0 Å². The maximum absolute atomic E-state index is 9.86. The zero-order valence-electron chi connectivity index (χ0n) is 5.12. The van der Waals surface area contributed by atoms with Crippen LogP contribution < -0.4 is 0 Å². The molecule has 0 aromatic heterocycles. The first-order valence-corrected chi connectivity index (χ1v) is 2.92. The Morgan fingerprint density at radius 1 is 1.56 bits per heavy atom. The Labute approximate surface area is 60.7 Å². The molecule has 0 aromatic carbocycles. The van der Waals surface area contributed by atoms with Crippen LogP contribution in [-0.4, -0.2) is 6.04 Å². The molecule has 0 heterocycles. The minimum Gasteiger partial charge on any atom is -0.150 e. The van der Waals surface area contributed by atoms with E-state index >= 15 is 0 Å². The highest BCUT2D eigenvalue weighted by Gasteiger charge is 2.05. The Hall–Kier alpha value is -0.370. The maximum atomic E-state index is 9.86. The first kappa shape index (κ1) is 8.63. The Morgan fingerprint density at radius 2 is 2.33 bits per heavy atom. The molecule has 0 N–H and O–H groups in total. The van der Waals surface area contributed by atoms with Crippen molar-refractivity contribution in [1.82, 2.24) is 0 Å². The molecule has 0 aliphatic heterocycles. The van der Waals surface area contributed by atoms with Crippen molar-refractivity contribution in [2.24, 2.45) is 5.18 Å². The molecule has 0 saturated carbocycles. The highest BCUT2D eigenvalue weighted by molar-refractivity contribution is 5.85. The van der Waals surface area contributed by atoms with Gasteiger partial charge in [-0.2, -0.15) is 4.91 Å². The largest absolute Gasteiger partial charge is 0.150 e. The van der Waals surface area contributed by atoms with Gasteiger partial charge < -0.3 is 0 Å². The zero-order chi connectivity index (χ0) is 5.82. The number of nitrogens with zero attached hydrogens (tertiary/aromatic N) is 1. The van der Waals surface area contributed by atoms with Gasteiger partial charge in [-0.05, 0) is 19.3 Å². The van der Waals surface area contributed by atoms with Crippen LogP contribution >= 0.6 is 12.4 Å². The van der Waals surface area contributed by atoms with E-state index in [0.29, 0.717) is 0 Å². The molecule has 0 aromatic rings. The number of rotatable bonds is 1. The molecule has 3 heteroatoms. The summed E-state index contributed by atoms with van der Waals surface area (Å²) in [7, 11) is 0. The van der Waals surface area contributed by atoms with Crippen molar-refractivity contribution in [2.45, 2.75) is 25.3 Å². The van der Waals surface area contributed by atoms with Crippen LogP contribution in [0.1, 0.15) is 19.3 Å². The second-order valence-electron chi connectivity index (χ2n) is 2.03. The van der Waals surface area contributed by atoms with Crippen LogP contribution in [0, 0.1) is 4.91 Å². The highest BCUT2D eigenvalue weighted by Crippen LogP contribution is 2.12. The molecule has 1 unspecified atom stereocenters. The molecule has 0 spiro atoms. The van der Waals surface area contributed by atoms with Gasteiger partial charge >= 0.3 is 0 Å². The van der Waals surface area contributed by atoms with Gasteiger partial charge in [0.25, 0.3) is 0 Å². The van der Waals surface area contributed by atoms with E-state index in [1.165, 1.54) is 0 Å². The average molecular weight is 148 g/mol. The predicted molar refractivity (Wildman–Crippen MR) is 39.8 cm³/mol. The number of nitroso groups, excluding NO2 is 1. The smallest absolute Gasteiger partial charge is 0.110 e. The van der Waals surface area contributed by atoms with Gasteiger partial charge in [0.15, 0.2) is 0 Å². The monoisotopic (exact) mass is 147 g/mol. The van der Waals surface area contributed by atoms with Gasteiger partial charge in [-0.25, -0.2) is 0 Å². The normalized spacial score (nSPS) is 24.7. The van der Waals surface area contributed by atoms with Crippen LogP contribution in [0.2, 0.25) is 0 Å². The van der Waals surface area contributed by atoms with Crippen molar-refractivity contribution in [3.05, 3.63) is 17.1 Å². The molecule has 1 rings (SSSR count). The third-order valence-electron chi connectivity index (χ3n) is 1.36. The molecule has 1 aliphatic rings. The van der Waals surface area contributed by atoms with E-state index in [4.69, 9.17) is 0 Å². The number of hydrogen-bond donors (Lipinski definition) is 0. The van der Waals surface area contributed by atoms with E-state index in [-0.39, 0.29) is 18.4 Å². The molecule has 0 saturated heterocycles. The third-order valence-corrected chi connectivity index (χ3v) is 1.36. The van der Waals surface area contributed by atoms with Gasteiger partial charge in [0, 0.05) is 0 Å². The zero-order valence-corrected chi connectivity index (χ0v) is 5.93. The SMILES string of the molecule is Cl.O=NC1C=CCCC1. The van der Waals surface area contributed by atoms with E-state index in [0.717, 1.165) is 19.3 Å². The first-order chi connectivity index (χ1) is 3.93. The summed E-state index contributed by atoms with van der Waals surface area (Å²) in [4.78, 5) is 9.86. The summed E-state index contributed by atoms with van der Waals surface area (Å²) >= 11 is 0. The standard InChI is InChI=1S/C6H9NO.ClH/c8-7-6-4-2-1-3-5-6;/h2,4,6H,1,3,5H2;1H. The lowest BCUT2D eigenvalue weighted by atomic mass is 10.0. The summed E-state index contributed by atoms with van der Waals surface area (Å²) < 4.78 is 0. The Kier molecular flexibility index (Phi) is 4.32. The van der Waals surface area contributed by atoms with Crippen LogP contribution in [0.25, 0.3) is 0 Å². The first-order valence-electron chi connectivity index (χ1n) is 2.92. The van der Waals surface area contributed by atoms with Crippen molar-refractivity contribution in [1.29, 1.82) is 0 Å². The van der Waals surface area contributed by atoms with E-state index in [1.807, 2.05) is 12.2 Å². The number of halogens is 1. The van der Waals surface area contributed by atoms with Crippen molar-refractivity contribution in [2.75, 3.05) is 0 Å². The van der Waals surface area contributed by atoms with Gasteiger partial charge in [0.05, 0.1) is 0 Å². The maximum Gasteiger partial charge on any atom is 0.110 e. The van der Waals surface area contributed by atoms with Gasteiger partial charge in [-0.1, -0.05) is 17.3 Å². The molecule has 0 amide bonds. The fourth-order valence-electron chi connectivity index (χ4n) is 0.882. The second kappa shape index (κ2) is 4.50. The van der Waals surface area contributed by atoms with E-state index in [1.54, 1.807) is 0 Å². The van der Waals surface area contributed by atoms with E-state index in [2.05, 4.69) is 5.18 Å². The summed E-state index contributed by atoms with van der Waals surface area (Å²) in [6.45, 7) is 0. The molecular formula is C6H10ClNO. The van der Waals surface area contributed by atoms with Crippen LogP contribution in [0.4, 0.5) is 0 Å². The number of hydrogen-bond acceptors (Lipinski definition) is 2. The Morgan fingerprint density at radius 3 is 2.67 bits per heavy atom. The second-order valence-corrected chi connectivity index (χ2v) is 2.03. The lowest BCUT2D eigenvalue weighted by Gasteiger charge is -2.05. The van der Waals surface area contributed by atoms with Gasteiger partial charge in [-0.3, -0.25) is 0 Å². The fraction of sp³-hybridized carbons (Fsp3) is 0.667. The van der Waals surface area contributed by atoms with Crippen LogP contribution in [-0.2, 0) is 0 Å². The molecule has 52 valence electrons. The summed E-state index contributed by atoms with van der Waals surface area (Å²) in [6, 6.07) is -0.0243. The van der Waals surface area contributed by atoms with Gasteiger partial charge in [0.1, 0.15) is 6.04 Å². The summed E-state index contributed by atoms with van der Waals surface area (Å²) in [5.74, 6) is 0. The Balaban J connectivity index is 0.000000640. The molecular weight excluding hydrogens is 138 g/mol. The summed E-state index contributed by atoms with van der Waals surface area (Å²) in [6.07, 6.45) is 7.09. The third kappa shape index (κ3) is 2.61. The topological polar surface area (TPSA) is 29.4 Å². The summed E-state index contributed by atoms with van der Waals surface area (Å²) in [5.41, 5.74) is 0. The lowest BCUT2D eigenvalue weighted by molar-refractivity contribution is 0.644. The van der Waals surface area contributed by atoms with Crippen molar-refractivity contribution in [3.8, 4) is 0 Å². The predicted octanol–water partition coefficient (Wildman–Crippen LogP) is 2.28. The quantitative estimate of drug-likeness (QED) is 0.413. The van der Waals surface area contributed by atoms with Crippen molar-refractivity contribution in [3.63, 3.8) is 0 Å². The van der Waals surface area contributed by atoms with Crippen LogP contribution in [0.3, 0.4) is 0 Å². The van der Waals surface area contributed by atoms with Crippen molar-refractivity contribution < 1.29 is 0 Å². The molecule has 9 heavy (non-hydrogen) atoms. The number of allylic oxidation sites excluding steroid dienone is 1. The lowest BCUT2D eigenvalue weighted by Crippen LogP contribution is -2.01. The molecule has 1 atom stereocenters. The molecule has 0 bridgehead atoms. The van der Waals surface area contributed by atoms with Crippen LogP contribution in [0.15, 0.2) is 17.3 Å². The van der Waals surface area contributed by atoms with Crippen molar-refractivity contribution >= 4 is 12.4 Å². The average Bonchev–Trinajstić information content (AvgIpc) is 1.90.